The molecule has 188 valence electrons. The number of Topliss-reactive ketones (excluding diaryl/α,β-unsaturated/α-hetero) is 1. The Morgan fingerprint density at radius 1 is 0.973 bits per heavy atom. The zero-order valence-electron chi connectivity index (χ0n) is 19.3. The summed E-state index contributed by atoms with van der Waals surface area (Å²) < 4.78 is 31.5. The Hall–Kier alpha value is -4.93. The summed E-state index contributed by atoms with van der Waals surface area (Å²) in [5.41, 5.74) is 6.60. The van der Waals surface area contributed by atoms with Gasteiger partial charge >= 0.3 is 6.61 Å². The van der Waals surface area contributed by atoms with Crippen LogP contribution in [0.3, 0.4) is 0 Å². The highest BCUT2D eigenvalue weighted by molar-refractivity contribution is 6.38. The quantitative estimate of drug-likeness (QED) is 0.319. The summed E-state index contributed by atoms with van der Waals surface area (Å²) in [6.07, 6.45) is 3.00. The zero-order valence-corrected chi connectivity index (χ0v) is 19.3. The van der Waals surface area contributed by atoms with Crippen molar-refractivity contribution in [3.8, 4) is 22.8 Å². The number of primary amides is 1. The summed E-state index contributed by atoms with van der Waals surface area (Å²) >= 11 is 0. The molecule has 2 amide bonds. The molecular weight excluding hydrogens is 484 g/mol. The van der Waals surface area contributed by atoms with Crippen LogP contribution in [0.25, 0.3) is 17.1 Å². The molecule has 0 saturated carbocycles. The second-order valence-corrected chi connectivity index (χ2v) is 7.84. The number of benzene rings is 2. The minimum Gasteiger partial charge on any atom is -0.434 e. The number of amides is 2. The number of rotatable bonds is 10. The number of halogens is 2. The van der Waals surface area contributed by atoms with E-state index in [2.05, 4.69) is 20.1 Å². The number of alkyl halides is 2. The highest BCUT2D eigenvalue weighted by atomic mass is 19.3. The fraction of sp³-hybridized carbons (Fsp3) is 0.115. The largest absolute Gasteiger partial charge is 0.434 e. The molecule has 11 heteroatoms. The predicted molar refractivity (Wildman–Crippen MR) is 129 cm³/mol. The van der Waals surface area contributed by atoms with E-state index in [1.807, 2.05) is 0 Å². The van der Waals surface area contributed by atoms with Crippen molar-refractivity contribution in [2.24, 2.45) is 5.73 Å². The van der Waals surface area contributed by atoms with Crippen molar-refractivity contribution in [3.63, 3.8) is 0 Å². The van der Waals surface area contributed by atoms with E-state index in [-0.39, 0.29) is 23.6 Å². The van der Waals surface area contributed by atoms with E-state index >= 15 is 0 Å². The standard InChI is InChI=1S/C26H21F2N5O4/c27-26(28)37-21-11-5-4-9-17(21)19-12-14-33(32-19)24-18(10-6-13-30-24)25(36)31-20(22(34)23(29)35)15-16-7-2-1-3-8-16/h1-14,20,26H,15H2,(H2,29,35)(H,31,36). The molecule has 0 bridgehead atoms. The number of carbonyl (C=O) groups is 3. The average molecular weight is 505 g/mol. The molecule has 0 aliphatic carbocycles. The highest BCUT2D eigenvalue weighted by Gasteiger charge is 2.27. The summed E-state index contributed by atoms with van der Waals surface area (Å²) in [4.78, 5) is 41.5. The molecule has 4 aromatic rings. The van der Waals surface area contributed by atoms with Gasteiger partial charge in [0.2, 0.25) is 5.78 Å². The molecule has 37 heavy (non-hydrogen) atoms. The molecule has 0 aliphatic rings. The molecule has 3 N–H and O–H groups in total. The molecule has 0 spiro atoms. The van der Waals surface area contributed by atoms with E-state index in [4.69, 9.17) is 5.73 Å². The Morgan fingerprint density at radius 3 is 2.43 bits per heavy atom. The van der Waals surface area contributed by atoms with E-state index < -0.39 is 30.3 Å². The number of nitrogens with one attached hydrogen (secondary N) is 1. The molecule has 0 fully saturated rings. The van der Waals surface area contributed by atoms with E-state index in [1.165, 1.54) is 35.3 Å². The molecule has 0 saturated heterocycles. The monoisotopic (exact) mass is 505 g/mol. The van der Waals surface area contributed by atoms with Gasteiger partial charge in [0, 0.05) is 24.4 Å². The molecule has 1 atom stereocenters. The fourth-order valence-electron chi connectivity index (χ4n) is 3.69. The second-order valence-electron chi connectivity index (χ2n) is 7.84. The zero-order chi connectivity index (χ0) is 26.4. The van der Waals surface area contributed by atoms with Crippen molar-refractivity contribution < 1.29 is 27.9 Å². The molecule has 0 radical (unpaired) electrons. The van der Waals surface area contributed by atoms with Crippen LogP contribution in [0.2, 0.25) is 0 Å². The number of aromatic nitrogens is 3. The number of nitrogens with zero attached hydrogens (tertiary/aromatic N) is 3. The third kappa shape index (κ3) is 6.01. The first-order chi connectivity index (χ1) is 17.8. The van der Waals surface area contributed by atoms with Crippen LogP contribution in [0.4, 0.5) is 8.78 Å². The van der Waals surface area contributed by atoms with Crippen LogP contribution in [0.15, 0.2) is 85.2 Å². The van der Waals surface area contributed by atoms with E-state index in [0.717, 1.165) is 5.56 Å². The number of carbonyl (C=O) groups excluding carboxylic acids is 3. The lowest BCUT2D eigenvalue weighted by molar-refractivity contribution is -0.137. The van der Waals surface area contributed by atoms with Crippen molar-refractivity contribution in [3.05, 3.63) is 96.3 Å². The predicted octanol–water partition coefficient (Wildman–Crippen LogP) is 2.93. The number of hydrogen-bond acceptors (Lipinski definition) is 6. The molecule has 2 aromatic carbocycles. The van der Waals surface area contributed by atoms with Crippen LogP contribution in [-0.4, -0.2) is 45.0 Å². The van der Waals surface area contributed by atoms with Crippen LogP contribution >= 0.6 is 0 Å². The number of hydrogen-bond donors (Lipinski definition) is 2. The van der Waals surface area contributed by atoms with Crippen LogP contribution in [-0.2, 0) is 16.0 Å². The van der Waals surface area contributed by atoms with Gasteiger partial charge in [0.1, 0.15) is 11.8 Å². The third-order valence-electron chi connectivity index (χ3n) is 5.36. The normalized spacial score (nSPS) is 11.6. The Bertz CT molecular complexity index is 1430. The maximum atomic E-state index is 13.2. The van der Waals surface area contributed by atoms with Crippen LogP contribution in [0.5, 0.6) is 5.75 Å². The molecule has 0 aliphatic heterocycles. The molecule has 2 heterocycles. The Balaban J connectivity index is 1.63. The van der Waals surface area contributed by atoms with Gasteiger partial charge in [0.25, 0.3) is 11.8 Å². The molecule has 2 aromatic heterocycles. The lowest BCUT2D eigenvalue weighted by Crippen LogP contribution is -2.47. The Labute approximate surface area is 209 Å². The number of ether oxygens (including phenoxy) is 1. The van der Waals surface area contributed by atoms with Gasteiger partial charge in [-0.2, -0.15) is 13.9 Å². The first kappa shape index (κ1) is 25.2. The summed E-state index contributed by atoms with van der Waals surface area (Å²) in [6, 6.07) is 18.3. The van der Waals surface area contributed by atoms with Gasteiger partial charge < -0.3 is 15.8 Å². The van der Waals surface area contributed by atoms with E-state index in [9.17, 15) is 23.2 Å². The van der Waals surface area contributed by atoms with Gasteiger partial charge in [-0.05, 0) is 35.9 Å². The van der Waals surface area contributed by atoms with Gasteiger partial charge in [0.05, 0.1) is 11.3 Å². The first-order valence-electron chi connectivity index (χ1n) is 11.1. The Kier molecular flexibility index (Phi) is 7.62. The molecule has 1 unspecified atom stereocenters. The van der Waals surface area contributed by atoms with Crippen LogP contribution in [0.1, 0.15) is 15.9 Å². The van der Waals surface area contributed by atoms with Crippen LogP contribution < -0.4 is 15.8 Å². The minimum atomic E-state index is -3.01. The van der Waals surface area contributed by atoms with Crippen molar-refractivity contribution in [2.45, 2.75) is 19.1 Å². The SMILES string of the molecule is NC(=O)C(=O)C(Cc1ccccc1)NC(=O)c1cccnc1-n1ccc(-c2ccccc2OC(F)F)n1. The lowest BCUT2D eigenvalue weighted by atomic mass is 10.0. The van der Waals surface area contributed by atoms with Gasteiger partial charge in [0.15, 0.2) is 5.82 Å². The van der Waals surface area contributed by atoms with Crippen molar-refractivity contribution in [2.75, 3.05) is 0 Å². The third-order valence-corrected chi connectivity index (χ3v) is 5.36. The topological polar surface area (TPSA) is 129 Å². The average Bonchev–Trinajstić information content (AvgIpc) is 3.38. The van der Waals surface area contributed by atoms with E-state index in [0.29, 0.717) is 11.3 Å². The lowest BCUT2D eigenvalue weighted by Gasteiger charge is -2.17. The summed E-state index contributed by atoms with van der Waals surface area (Å²) in [5.74, 6) is -2.75. The number of para-hydroxylation sites is 1. The number of pyridine rings is 1. The van der Waals surface area contributed by atoms with Gasteiger partial charge in [-0.15, -0.1) is 0 Å². The maximum Gasteiger partial charge on any atom is 0.387 e. The molecule has 4 rings (SSSR count). The number of nitrogens with two attached hydrogens (primary N) is 1. The van der Waals surface area contributed by atoms with Crippen molar-refractivity contribution in [1.29, 1.82) is 0 Å². The minimum absolute atomic E-state index is 0.0524. The maximum absolute atomic E-state index is 13.2. The molecular formula is C26H21F2N5O4. The highest BCUT2D eigenvalue weighted by Crippen LogP contribution is 2.30. The first-order valence-corrected chi connectivity index (χ1v) is 11.1. The van der Waals surface area contributed by atoms with Crippen molar-refractivity contribution in [1.82, 2.24) is 20.1 Å². The smallest absolute Gasteiger partial charge is 0.387 e. The summed E-state index contributed by atoms with van der Waals surface area (Å²) in [5, 5.41) is 6.95. The van der Waals surface area contributed by atoms with Crippen LogP contribution in [0, 0.1) is 0 Å². The summed E-state index contributed by atoms with van der Waals surface area (Å²) in [6.45, 7) is -3.01. The van der Waals surface area contributed by atoms with Gasteiger partial charge in [-0.3, -0.25) is 14.4 Å². The van der Waals surface area contributed by atoms with Crippen molar-refractivity contribution >= 4 is 17.6 Å². The van der Waals surface area contributed by atoms with Gasteiger partial charge in [-0.25, -0.2) is 9.67 Å². The van der Waals surface area contributed by atoms with Gasteiger partial charge in [-0.1, -0.05) is 42.5 Å². The van der Waals surface area contributed by atoms with E-state index in [1.54, 1.807) is 54.6 Å². The fourth-order valence-corrected chi connectivity index (χ4v) is 3.69. The summed E-state index contributed by atoms with van der Waals surface area (Å²) in [7, 11) is 0. The Morgan fingerprint density at radius 2 is 1.70 bits per heavy atom. The molecule has 9 nitrogen and oxygen atoms in total. The number of ketones is 1. The second kappa shape index (κ2) is 11.2.